The van der Waals surface area contributed by atoms with Crippen molar-refractivity contribution in [1.29, 1.82) is 0 Å². The number of aliphatic hydroxyl groups excluding tert-OH is 1. The highest BCUT2D eigenvalue weighted by Gasteiger charge is 2.54. The van der Waals surface area contributed by atoms with Gasteiger partial charge in [-0.05, 0) is 49.9 Å². The van der Waals surface area contributed by atoms with Crippen LogP contribution in [0.1, 0.15) is 45.4 Å². The van der Waals surface area contributed by atoms with Crippen molar-refractivity contribution in [2.24, 2.45) is 17.8 Å². The number of fused-ring (bicyclic) bond motifs is 1. The van der Waals surface area contributed by atoms with Crippen molar-refractivity contribution in [3.05, 3.63) is 11.6 Å². The first-order valence-electron chi connectivity index (χ1n) is 11.3. The molecule has 6 atom stereocenters. The number of rotatable bonds is 6. The highest BCUT2D eigenvalue weighted by Crippen LogP contribution is 2.48. The Bertz CT molecular complexity index is 985. The zero-order valence-electron chi connectivity index (χ0n) is 18.2. The summed E-state index contributed by atoms with van der Waals surface area (Å²) in [5.41, 5.74) is 1.00. The molecule has 2 heterocycles. The number of nitrogens with one attached hydrogen (secondary N) is 1. The third-order valence-electron chi connectivity index (χ3n) is 7.50. The van der Waals surface area contributed by atoms with E-state index in [9.17, 15) is 26.7 Å². The average molecular weight is 494 g/mol. The fraction of sp³-hybridized carbons (Fsp3) is 0.850. The standard InChI is InChI=1S/C20H32FN3O6S2/c1-2-3-8-31(27,28)23-7-6-15(11-23)13-4-5-14-10-17(25)20(19(21)16(14)9-13)24-12-18(26)22-32(24,29)30/h6,13-14,16-17,19-20,25H,2-5,7-12H2,1H3,(H,22,26). The van der Waals surface area contributed by atoms with Gasteiger partial charge in [0.1, 0.15) is 6.17 Å². The Kier molecular flexibility index (Phi) is 6.72. The van der Waals surface area contributed by atoms with Gasteiger partial charge in [0.2, 0.25) is 15.9 Å². The molecule has 4 aliphatic rings. The first kappa shape index (κ1) is 24.1. The van der Waals surface area contributed by atoms with Crippen molar-refractivity contribution in [3.63, 3.8) is 0 Å². The normalized spacial score (nSPS) is 38.3. The molecule has 0 aromatic carbocycles. The van der Waals surface area contributed by atoms with Gasteiger partial charge in [-0.3, -0.25) is 4.79 Å². The third kappa shape index (κ3) is 4.48. The van der Waals surface area contributed by atoms with Crippen LogP contribution in [-0.4, -0.2) is 80.2 Å². The van der Waals surface area contributed by atoms with Crippen molar-refractivity contribution in [2.45, 2.75) is 63.8 Å². The molecule has 0 spiro atoms. The SMILES string of the molecule is CCCCS(=O)(=O)N1CC=C(C2CCC3CC(O)C(N4CC(=O)NS4(=O)=O)C(F)C3C2)C1. The van der Waals surface area contributed by atoms with Gasteiger partial charge in [0, 0.05) is 13.1 Å². The summed E-state index contributed by atoms with van der Waals surface area (Å²) in [6, 6.07) is -1.29. The number of unbranched alkanes of at least 4 members (excludes halogenated alkanes) is 1. The lowest BCUT2D eigenvalue weighted by Crippen LogP contribution is -2.58. The van der Waals surface area contributed by atoms with Crippen molar-refractivity contribution in [2.75, 3.05) is 25.4 Å². The average Bonchev–Trinajstić information content (AvgIpc) is 3.31. The van der Waals surface area contributed by atoms with E-state index < -0.39 is 56.9 Å². The summed E-state index contributed by atoms with van der Waals surface area (Å²) in [4.78, 5) is 11.6. The number of aliphatic hydroxyl groups is 1. The van der Waals surface area contributed by atoms with Crippen LogP contribution in [0.5, 0.6) is 0 Å². The lowest BCUT2D eigenvalue weighted by molar-refractivity contribution is -0.119. The smallest absolute Gasteiger partial charge is 0.304 e. The number of carbonyl (C=O) groups is 1. The van der Waals surface area contributed by atoms with Crippen LogP contribution in [0.25, 0.3) is 0 Å². The molecule has 2 saturated carbocycles. The molecular formula is C20H32FN3O6S2. The quantitative estimate of drug-likeness (QED) is 0.521. The number of hydrogen-bond acceptors (Lipinski definition) is 6. The number of alkyl halides is 1. The predicted octanol–water partition coefficient (Wildman–Crippen LogP) is 0.539. The molecule has 12 heteroatoms. The molecule has 32 heavy (non-hydrogen) atoms. The lowest BCUT2D eigenvalue weighted by atomic mass is 9.63. The Hall–Kier alpha value is -1.08. The fourth-order valence-electron chi connectivity index (χ4n) is 5.80. The second kappa shape index (κ2) is 8.94. The molecule has 0 aromatic heterocycles. The molecule has 1 amide bonds. The van der Waals surface area contributed by atoms with Gasteiger partial charge in [0.25, 0.3) is 0 Å². The summed E-state index contributed by atoms with van der Waals surface area (Å²) in [6.07, 6.45) is 2.85. The number of hydrogen-bond donors (Lipinski definition) is 2. The van der Waals surface area contributed by atoms with Crippen LogP contribution in [0.2, 0.25) is 0 Å². The molecule has 3 fully saturated rings. The van der Waals surface area contributed by atoms with Crippen molar-refractivity contribution >= 4 is 26.1 Å². The number of amides is 1. The Balaban J connectivity index is 1.45. The zero-order valence-corrected chi connectivity index (χ0v) is 19.8. The van der Waals surface area contributed by atoms with E-state index in [4.69, 9.17) is 0 Å². The van der Waals surface area contributed by atoms with Gasteiger partial charge in [0.15, 0.2) is 0 Å². The Morgan fingerprint density at radius 3 is 2.66 bits per heavy atom. The maximum atomic E-state index is 15.7. The molecule has 0 aromatic rings. The summed E-state index contributed by atoms with van der Waals surface area (Å²) in [5, 5.41) is 10.6. The molecule has 2 N–H and O–H groups in total. The van der Waals surface area contributed by atoms with E-state index in [-0.39, 0.29) is 17.6 Å². The zero-order chi connectivity index (χ0) is 23.3. The summed E-state index contributed by atoms with van der Waals surface area (Å²) in [6.45, 7) is 2.13. The first-order valence-corrected chi connectivity index (χ1v) is 14.4. The van der Waals surface area contributed by atoms with E-state index in [0.29, 0.717) is 38.8 Å². The van der Waals surface area contributed by atoms with E-state index in [0.717, 1.165) is 22.7 Å². The third-order valence-corrected chi connectivity index (χ3v) is 10.8. The minimum Gasteiger partial charge on any atom is -0.391 e. The molecule has 2 aliphatic heterocycles. The van der Waals surface area contributed by atoms with E-state index in [1.807, 2.05) is 17.7 Å². The second-order valence-electron chi connectivity index (χ2n) is 9.49. The summed E-state index contributed by atoms with van der Waals surface area (Å²) in [7, 11) is -7.46. The maximum Gasteiger partial charge on any atom is 0.304 e. The molecule has 4 rings (SSSR count). The molecular weight excluding hydrogens is 461 g/mol. The number of carbonyl (C=O) groups excluding carboxylic acids is 1. The molecule has 9 nitrogen and oxygen atoms in total. The largest absolute Gasteiger partial charge is 0.391 e. The maximum absolute atomic E-state index is 15.7. The van der Waals surface area contributed by atoms with Crippen LogP contribution in [0.4, 0.5) is 4.39 Å². The van der Waals surface area contributed by atoms with Gasteiger partial charge in [-0.1, -0.05) is 25.0 Å². The van der Waals surface area contributed by atoms with Gasteiger partial charge >= 0.3 is 10.2 Å². The highest BCUT2D eigenvalue weighted by atomic mass is 32.2. The van der Waals surface area contributed by atoms with Gasteiger partial charge in [-0.25, -0.2) is 17.5 Å². The topological polar surface area (TPSA) is 124 Å². The van der Waals surface area contributed by atoms with E-state index >= 15 is 4.39 Å². The van der Waals surface area contributed by atoms with Gasteiger partial charge in [-0.15, -0.1) is 0 Å². The van der Waals surface area contributed by atoms with Crippen molar-refractivity contribution in [1.82, 2.24) is 13.3 Å². The minimum absolute atomic E-state index is 0.0340. The second-order valence-corrected chi connectivity index (χ2v) is 13.2. The minimum atomic E-state index is -4.15. The van der Waals surface area contributed by atoms with Crippen LogP contribution in [-0.2, 0) is 25.0 Å². The number of halogens is 1. The van der Waals surface area contributed by atoms with Crippen LogP contribution in [0, 0.1) is 17.8 Å². The van der Waals surface area contributed by atoms with Crippen LogP contribution < -0.4 is 4.72 Å². The van der Waals surface area contributed by atoms with Crippen molar-refractivity contribution < 1.29 is 31.1 Å². The van der Waals surface area contributed by atoms with Crippen molar-refractivity contribution in [3.8, 4) is 0 Å². The predicted molar refractivity (Wildman–Crippen MR) is 116 cm³/mol. The molecule has 1 saturated heterocycles. The van der Waals surface area contributed by atoms with E-state index in [1.165, 1.54) is 4.31 Å². The first-order chi connectivity index (χ1) is 15.0. The molecule has 182 valence electrons. The Morgan fingerprint density at radius 2 is 2.00 bits per heavy atom. The molecule has 0 bridgehead atoms. The molecule has 6 unspecified atom stereocenters. The number of sulfonamides is 1. The summed E-state index contributed by atoms with van der Waals surface area (Å²) in [5.74, 6) is -1.07. The lowest BCUT2D eigenvalue weighted by Gasteiger charge is -2.48. The Morgan fingerprint density at radius 1 is 1.25 bits per heavy atom. The van der Waals surface area contributed by atoms with Crippen LogP contribution in [0.15, 0.2) is 11.6 Å². The van der Waals surface area contributed by atoms with Crippen LogP contribution >= 0.6 is 0 Å². The highest BCUT2D eigenvalue weighted by molar-refractivity contribution is 7.89. The summed E-state index contributed by atoms with van der Waals surface area (Å²) >= 11 is 0. The van der Waals surface area contributed by atoms with Gasteiger partial charge in [0.05, 0.1) is 24.4 Å². The number of nitrogens with zero attached hydrogens (tertiary/aromatic N) is 2. The monoisotopic (exact) mass is 493 g/mol. The van der Waals surface area contributed by atoms with Crippen LogP contribution in [0.3, 0.4) is 0 Å². The van der Waals surface area contributed by atoms with E-state index in [1.54, 1.807) is 0 Å². The summed E-state index contributed by atoms with van der Waals surface area (Å²) < 4.78 is 69.3. The molecule has 2 aliphatic carbocycles. The Labute approximate surface area is 189 Å². The molecule has 0 radical (unpaired) electrons. The van der Waals surface area contributed by atoms with Gasteiger partial charge < -0.3 is 5.11 Å². The fourth-order valence-corrected chi connectivity index (χ4v) is 8.69. The van der Waals surface area contributed by atoms with Gasteiger partial charge in [-0.2, -0.15) is 17.0 Å². The van der Waals surface area contributed by atoms with E-state index in [2.05, 4.69) is 0 Å².